The van der Waals surface area contributed by atoms with E-state index >= 15 is 0 Å². The Balaban J connectivity index is 1.81. The fourth-order valence-corrected chi connectivity index (χ4v) is 2.40. The lowest BCUT2D eigenvalue weighted by atomic mass is 10.1. The van der Waals surface area contributed by atoms with Gasteiger partial charge in [-0.3, -0.25) is 0 Å². The molecule has 1 aliphatic rings. The topological polar surface area (TPSA) is 65.5 Å². The predicted octanol–water partition coefficient (Wildman–Crippen LogP) is 1.54. The van der Waals surface area contributed by atoms with E-state index < -0.39 is 0 Å². The van der Waals surface area contributed by atoms with E-state index in [1.807, 2.05) is 0 Å². The first kappa shape index (κ1) is 15.0. The molecule has 1 aliphatic heterocycles. The smallest absolute Gasteiger partial charge is 0.224 e. The van der Waals surface area contributed by atoms with Gasteiger partial charge in [0.05, 0.1) is 25.9 Å². The van der Waals surface area contributed by atoms with Crippen molar-refractivity contribution in [2.45, 2.75) is 38.3 Å². The molecular weight excluding hydrogens is 258 g/mol. The number of methoxy groups -OCH3 is 2. The normalized spacial score (nSPS) is 18.8. The van der Waals surface area contributed by atoms with Crippen molar-refractivity contribution < 1.29 is 14.2 Å². The molecule has 0 aliphatic carbocycles. The van der Waals surface area contributed by atoms with Gasteiger partial charge < -0.3 is 19.5 Å². The van der Waals surface area contributed by atoms with E-state index in [-0.39, 0.29) is 0 Å². The summed E-state index contributed by atoms with van der Waals surface area (Å²) in [6.07, 6.45) is 6.50. The van der Waals surface area contributed by atoms with Crippen LogP contribution in [0.4, 0.5) is 0 Å². The zero-order valence-electron chi connectivity index (χ0n) is 12.2. The molecular formula is C14H23N3O3. The average molecular weight is 281 g/mol. The lowest BCUT2D eigenvalue weighted by Gasteiger charge is -2.22. The number of nitrogens with zero attached hydrogens (tertiary/aromatic N) is 2. The van der Waals surface area contributed by atoms with Crippen molar-refractivity contribution >= 4 is 0 Å². The standard InChI is InChI=1S/C14H23N3O3/c1-18-13-12(14(19-2)17-10-16-13)9-15-7-6-11-5-3-4-8-20-11/h10-11,15H,3-9H2,1-2H3. The molecule has 6 nitrogen and oxygen atoms in total. The highest BCUT2D eigenvalue weighted by atomic mass is 16.5. The second-order valence-corrected chi connectivity index (χ2v) is 4.82. The highest BCUT2D eigenvalue weighted by Crippen LogP contribution is 2.23. The van der Waals surface area contributed by atoms with Crippen molar-refractivity contribution in [3.63, 3.8) is 0 Å². The molecule has 1 N–H and O–H groups in total. The summed E-state index contributed by atoms with van der Waals surface area (Å²) in [6, 6.07) is 0. The van der Waals surface area contributed by atoms with Gasteiger partial charge in [-0.05, 0) is 32.2 Å². The number of aromatic nitrogens is 2. The van der Waals surface area contributed by atoms with Crippen LogP contribution in [0.2, 0.25) is 0 Å². The van der Waals surface area contributed by atoms with Gasteiger partial charge in [0.25, 0.3) is 0 Å². The molecule has 0 spiro atoms. The van der Waals surface area contributed by atoms with Gasteiger partial charge in [0.15, 0.2) is 0 Å². The third-order valence-electron chi connectivity index (χ3n) is 3.47. The molecule has 0 radical (unpaired) electrons. The van der Waals surface area contributed by atoms with Crippen molar-refractivity contribution in [2.75, 3.05) is 27.4 Å². The molecule has 6 heteroatoms. The number of hydrogen-bond acceptors (Lipinski definition) is 6. The third kappa shape index (κ3) is 4.05. The molecule has 1 saturated heterocycles. The Morgan fingerprint density at radius 1 is 1.25 bits per heavy atom. The van der Waals surface area contributed by atoms with Crippen LogP contribution in [0.3, 0.4) is 0 Å². The van der Waals surface area contributed by atoms with Gasteiger partial charge in [-0.15, -0.1) is 0 Å². The summed E-state index contributed by atoms with van der Waals surface area (Å²) >= 11 is 0. The van der Waals surface area contributed by atoms with Crippen molar-refractivity contribution in [3.8, 4) is 11.8 Å². The molecule has 1 fully saturated rings. The third-order valence-corrected chi connectivity index (χ3v) is 3.47. The highest BCUT2D eigenvalue weighted by molar-refractivity contribution is 5.34. The van der Waals surface area contributed by atoms with E-state index in [4.69, 9.17) is 14.2 Å². The number of hydrogen-bond donors (Lipinski definition) is 1. The summed E-state index contributed by atoms with van der Waals surface area (Å²) in [5.74, 6) is 1.11. The van der Waals surface area contributed by atoms with Crippen molar-refractivity contribution in [3.05, 3.63) is 11.9 Å². The molecule has 2 rings (SSSR count). The molecule has 0 aromatic carbocycles. The van der Waals surface area contributed by atoms with Crippen molar-refractivity contribution in [1.82, 2.24) is 15.3 Å². The SMILES string of the molecule is COc1ncnc(OC)c1CNCCC1CCCCO1. The minimum absolute atomic E-state index is 0.395. The number of nitrogens with one attached hydrogen (secondary N) is 1. The molecule has 112 valence electrons. The van der Waals surface area contributed by atoms with Crippen molar-refractivity contribution in [2.24, 2.45) is 0 Å². The molecule has 0 bridgehead atoms. The molecule has 0 amide bonds. The molecule has 1 unspecified atom stereocenters. The van der Waals surface area contributed by atoms with E-state index in [2.05, 4.69) is 15.3 Å². The van der Waals surface area contributed by atoms with Gasteiger partial charge in [-0.25, -0.2) is 9.97 Å². The summed E-state index contributed by atoms with van der Waals surface area (Å²) in [5.41, 5.74) is 0.849. The summed E-state index contributed by atoms with van der Waals surface area (Å²) < 4.78 is 16.2. The predicted molar refractivity (Wildman–Crippen MR) is 75.1 cm³/mol. The van der Waals surface area contributed by atoms with Gasteiger partial charge >= 0.3 is 0 Å². The Morgan fingerprint density at radius 3 is 2.60 bits per heavy atom. The maximum atomic E-state index is 5.71. The van der Waals surface area contributed by atoms with Gasteiger partial charge in [-0.2, -0.15) is 0 Å². The molecule has 2 heterocycles. The summed E-state index contributed by atoms with van der Waals surface area (Å²) in [7, 11) is 3.20. The van der Waals surface area contributed by atoms with E-state index in [0.29, 0.717) is 24.4 Å². The second-order valence-electron chi connectivity index (χ2n) is 4.82. The van der Waals surface area contributed by atoms with Gasteiger partial charge in [0.1, 0.15) is 6.33 Å². The minimum Gasteiger partial charge on any atom is -0.481 e. The molecule has 20 heavy (non-hydrogen) atoms. The van der Waals surface area contributed by atoms with Crippen LogP contribution in [-0.2, 0) is 11.3 Å². The average Bonchev–Trinajstić information content (AvgIpc) is 2.52. The van der Waals surface area contributed by atoms with Crippen LogP contribution in [0.25, 0.3) is 0 Å². The summed E-state index contributed by atoms with van der Waals surface area (Å²) in [6.45, 7) is 2.42. The van der Waals surface area contributed by atoms with E-state index in [1.165, 1.54) is 25.6 Å². The van der Waals surface area contributed by atoms with Crippen LogP contribution >= 0.6 is 0 Å². The van der Waals surface area contributed by atoms with Gasteiger partial charge in [-0.1, -0.05) is 0 Å². The van der Waals surface area contributed by atoms with Crippen LogP contribution in [0, 0.1) is 0 Å². The Hall–Kier alpha value is -1.40. The van der Waals surface area contributed by atoms with E-state index in [0.717, 1.165) is 25.1 Å². The maximum absolute atomic E-state index is 5.71. The molecule has 1 aromatic heterocycles. The fourth-order valence-electron chi connectivity index (χ4n) is 2.40. The van der Waals surface area contributed by atoms with E-state index in [9.17, 15) is 0 Å². The first-order valence-electron chi connectivity index (χ1n) is 7.09. The quantitative estimate of drug-likeness (QED) is 0.765. The van der Waals surface area contributed by atoms with Crippen LogP contribution in [-0.4, -0.2) is 43.4 Å². The van der Waals surface area contributed by atoms with Crippen LogP contribution in [0.1, 0.15) is 31.2 Å². The Labute approximate surface area is 119 Å². The lowest BCUT2D eigenvalue weighted by molar-refractivity contribution is 0.0115. The molecule has 0 saturated carbocycles. The highest BCUT2D eigenvalue weighted by Gasteiger charge is 2.15. The summed E-state index contributed by atoms with van der Waals surface area (Å²) in [5, 5.41) is 3.38. The monoisotopic (exact) mass is 281 g/mol. The Bertz CT molecular complexity index is 386. The fraction of sp³-hybridized carbons (Fsp3) is 0.714. The van der Waals surface area contributed by atoms with Crippen LogP contribution < -0.4 is 14.8 Å². The maximum Gasteiger partial charge on any atom is 0.224 e. The first-order valence-corrected chi connectivity index (χ1v) is 7.09. The lowest BCUT2D eigenvalue weighted by Crippen LogP contribution is -2.25. The number of rotatable bonds is 7. The first-order chi connectivity index (χ1) is 9.85. The van der Waals surface area contributed by atoms with Gasteiger partial charge in [0.2, 0.25) is 11.8 Å². The Kier molecular flexibility index (Phi) is 6.01. The van der Waals surface area contributed by atoms with Crippen molar-refractivity contribution in [1.29, 1.82) is 0 Å². The summed E-state index contributed by atoms with van der Waals surface area (Å²) in [4.78, 5) is 8.19. The van der Waals surface area contributed by atoms with Gasteiger partial charge in [0, 0.05) is 13.2 Å². The zero-order valence-corrected chi connectivity index (χ0v) is 12.2. The second kappa shape index (κ2) is 8.01. The van der Waals surface area contributed by atoms with Crippen LogP contribution in [0.5, 0.6) is 11.8 Å². The number of ether oxygens (including phenoxy) is 3. The largest absolute Gasteiger partial charge is 0.481 e. The Morgan fingerprint density at radius 2 is 2.00 bits per heavy atom. The molecule has 1 atom stereocenters. The van der Waals surface area contributed by atoms with Crippen LogP contribution in [0.15, 0.2) is 6.33 Å². The molecule has 1 aromatic rings. The van der Waals surface area contributed by atoms with E-state index in [1.54, 1.807) is 14.2 Å². The minimum atomic E-state index is 0.395. The zero-order chi connectivity index (χ0) is 14.2.